The second kappa shape index (κ2) is 4.55. The van der Waals surface area contributed by atoms with Crippen molar-refractivity contribution in [2.75, 3.05) is 13.7 Å². The smallest absolute Gasteiger partial charge is 0.222 e. The Balaban J connectivity index is 2.43. The normalized spacial score (nSPS) is 34.2. The standard InChI is InChI=1S/C8H15NO4/c1-9-7(11)4-6-8(12)5(10)2-3-13-6/h5-6,8,10,12H,2-4H2,1H3,(H,9,11)/t5-,6?,8+/m0/s1. The zero-order valence-electron chi connectivity index (χ0n) is 7.56. The maximum atomic E-state index is 10.9. The summed E-state index contributed by atoms with van der Waals surface area (Å²) in [4.78, 5) is 10.9. The summed E-state index contributed by atoms with van der Waals surface area (Å²) in [7, 11) is 1.52. The van der Waals surface area contributed by atoms with Gasteiger partial charge in [-0.1, -0.05) is 0 Å². The summed E-state index contributed by atoms with van der Waals surface area (Å²) in [6.45, 7) is 0.389. The number of aliphatic hydroxyl groups excluding tert-OH is 2. The minimum atomic E-state index is -0.953. The molecule has 1 rings (SSSR count). The third-order valence-electron chi connectivity index (χ3n) is 2.19. The summed E-state index contributed by atoms with van der Waals surface area (Å²) in [5.74, 6) is -0.196. The molecule has 1 fully saturated rings. The van der Waals surface area contributed by atoms with Gasteiger partial charge in [0.1, 0.15) is 6.10 Å². The average Bonchev–Trinajstić information content (AvgIpc) is 2.13. The maximum Gasteiger partial charge on any atom is 0.222 e. The highest BCUT2D eigenvalue weighted by Gasteiger charge is 2.32. The molecule has 1 amide bonds. The van der Waals surface area contributed by atoms with E-state index in [-0.39, 0.29) is 12.3 Å². The van der Waals surface area contributed by atoms with Gasteiger partial charge in [0.15, 0.2) is 0 Å². The highest BCUT2D eigenvalue weighted by atomic mass is 16.5. The summed E-state index contributed by atoms with van der Waals surface area (Å²) in [5.41, 5.74) is 0. The first-order valence-corrected chi connectivity index (χ1v) is 4.33. The highest BCUT2D eigenvalue weighted by molar-refractivity contribution is 5.76. The van der Waals surface area contributed by atoms with Crippen molar-refractivity contribution in [3.05, 3.63) is 0 Å². The van der Waals surface area contributed by atoms with Crippen molar-refractivity contribution in [2.24, 2.45) is 0 Å². The number of carbonyl (C=O) groups is 1. The summed E-state index contributed by atoms with van der Waals surface area (Å²) >= 11 is 0. The fourth-order valence-corrected chi connectivity index (χ4v) is 1.32. The largest absolute Gasteiger partial charge is 0.390 e. The SMILES string of the molecule is CNC(=O)CC1OCC[C@H](O)[C@H]1O. The molecule has 0 saturated carbocycles. The van der Waals surface area contributed by atoms with Crippen molar-refractivity contribution < 1.29 is 19.7 Å². The van der Waals surface area contributed by atoms with E-state index >= 15 is 0 Å². The van der Waals surface area contributed by atoms with Crippen LogP contribution in [0.25, 0.3) is 0 Å². The first kappa shape index (κ1) is 10.4. The van der Waals surface area contributed by atoms with Gasteiger partial charge in [-0.2, -0.15) is 0 Å². The van der Waals surface area contributed by atoms with E-state index in [0.29, 0.717) is 13.0 Å². The van der Waals surface area contributed by atoms with Crippen molar-refractivity contribution >= 4 is 5.91 Å². The molecule has 1 saturated heterocycles. The minimum Gasteiger partial charge on any atom is -0.390 e. The number of hydrogen-bond donors (Lipinski definition) is 3. The van der Waals surface area contributed by atoms with Crippen LogP contribution in [-0.4, -0.2) is 48.1 Å². The molecule has 0 radical (unpaired) electrons. The molecule has 0 bridgehead atoms. The van der Waals surface area contributed by atoms with Crippen molar-refractivity contribution in [2.45, 2.75) is 31.2 Å². The third kappa shape index (κ3) is 2.65. The number of rotatable bonds is 2. The van der Waals surface area contributed by atoms with Gasteiger partial charge in [-0.05, 0) is 6.42 Å². The van der Waals surface area contributed by atoms with Gasteiger partial charge in [0.2, 0.25) is 5.91 Å². The summed E-state index contributed by atoms with van der Waals surface area (Å²) in [5, 5.41) is 21.1. The Hall–Kier alpha value is -0.650. The van der Waals surface area contributed by atoms with Crippen LogP contribution in [0.3, 0.4) is 0 Å². The third-order valence-corrected chi connectivity index (χ3v) is 2.19. The van der Waals surface area contributed by atoms with E-state index in [1.54, 1.807) is 0 Å². The van der Waals surface area contributed by atoms with Crippen molar-refractivity contribution in [3.63, 3.8) is 0 Å². The van der Waals surface area contributed by atoms with E-state index in [1.165, 1.54) is 7.05 Å². The zero-order chi connectivity index (χ0) is 9.84. The lowest BCUT2D eigenvalue weighted by molar-refractivity contribution is -0.147. The first-order valence-electron chi connectivity index (χ1n) is 4.33. The van der Waals surface area contributed by atoms with E-state index in [2.05, 4.69) is 5.32 Å². The second-order valence-electron chi connectivity index (χ2n) is 3.13. The summed E-state index contributed by atoms with van der Waals surface area (Å²) in [6.07, 6.45) is -1.79. The minimum absolute atomic E-state index is 0.0920. The Morgan fingerprint density at radius 2 is 2.31 bits per heavy atom. The van der Waals surface area contributed by atoms with Crippen molar-refractivity contribution in [1.82, 2.24) is 5.32 Å². The van der Waals surface area contributed by atoms with E-state index in [0.717, 1.165) is 0 Å². The second-order valence-corrected chi connectivity index (χ2v) is 3.13. The Morgan fingerprint density at radius 1 is 1.62 bits per heavy atom. The molecular formula is C8H15NO4. The number of amides is 1. The molecule has 0 aliphatic carbocycles. The van der Waals surface area contributed by atoms with Crippen LogP contribution in [0.15, 0.2) is 0 Å². The average molecular weight is 189 g/mol. The molecule has 1 heterocycles. The number of nitrogens with one attached hydrogen (secondary N) is 1. The van der Waals surface area contributed by atoms with Gasteiger partial charge in [-0.15, -0.1) is 0 Å². The van der Waals surface area contributed by atoms with Crippen LogP contribution in [0.5, 0.6) is 0 Å². The van der Waals surface area contributed by atoms with Crippen molar-refractivity contribution in [3.8, 4) is 0 Å². The number of ether oxygens (including phenoxy) is 1. The van der Waals surface area contributed by atoms with Crippen LogP contribution in [0.4, 0.5) is 0 Å². The maximum absolute atomic E-state index is 10.9. The number of carbonyl (C=O) groups excluding carboxylic acids is 1. The molecule has 1 aliphatic heterocycles. The van der Waals surface area contributed by atoms with Gasteiger partial charge in [0.25, 0.3) is 0 Å². The van der Waals surface area contributed by atoms with Crippen molar-refractivity contribution in [1.29, 1.82) is 0 Å². The Bertz CT molecular complexity index is 185. The van der Waals surface area contributed by atoms with Gasteiger partial charge in [0, 0.05) is 13.7 Å². The van der Waals surface area contributed by atoms with E-state index in [1.807, 2.05) is 0 Å². The molecule has 3 atom stereocenters. The van der Waals surface area contributed by atoms with E-state index in [4.69, 9.17) is 4.74 Å². The van der Waals surface area contributed by atoms with Crippen LogP contribution in [-0.2, 0) is 9.53 Å². The Kier molecular flexibility index (Phi) is 3.65. The van der Waals surface area contributed by atoms with Crippen LogP contribution in [0.2, 0.25) is 0 Å². The topological polar surface area (TPSA) is 78.8 Å². The highest BCUT2D eigenvalue weighted by Crippen LogP contribution is 2.17. The quantitative estimate of drug-likeness (QED) is 0.501. The molecule has 0 spiro atoms. The molecule has 0 aromatic rings. The molecule has 76 valence electrons. The molecular weight excluding hydrogens is 174 g/mol. The summed E-state index contributed by atoms with van der Waals surface area (Å²) in [6, 6.07) is 0. The van der Waals surface area contributed by atoms with Crippen LogP contribution in [0.1, 0.15) is 12.8 Å². The number of aliphatic hydroxyl groups is 2. The van der Waals surface area contributed by atoms with Gasteiger partial charge in [-0.25, -0.2) is 0 Å². The molecule has 1 unspecified atom stereocenters. The lowest BCUT2D eigenvalue weighted by Gasteiger charge is -2.31. The van der Waals surface area contributed by atoms with Gasteiger partial charge in [-0.3, -0.25) is 4.79 Å². The van der Waals surface area contributed by atoms with Crippen LogP contribution < -0.4 is 5.32 Å². The van der Waals surface area contributed by atoms with Gasteiger partial charge in [0.05, 0.1) is 18.6 Å². The fraction of sp³-hybridized carbons (Fsp3) is 0.875. The molecule has 5 nitrogen and oxygen atoms in total. The number of hydrogen-bond acceptors (Lipinski definition) is 4. The van der Waals surface area contributed by atoms with Crippen LogP contribution >= 0.6 is 0 Å². The zero-order valence-corrected chi connectivity index (χ0v) is 7.56. The van der Waals surface area contributed by atoms with E-state index < -0.39 is 18.3 Å². The predicted octanol–water partition coefficient (Wildman–Crippen LogP) is -1.37. The molecule has 13 heavy (non-hydrogen) atoms. The Labute approximate surface area is 76.7 Å². The lowest BCUT2D eigenvalue weighted by Crippen LogP contribution is -2.46. The molecule has 0 aromatic carbocycles. The first-order chi connectivity index (χ1) is 6.15. The monoisotopic (exact) mass is 189 g/mol. The molecule has 5 heteroatoms. The summed E-state index contributed by atoms with van der Waals surface area (Å²) < 4.78 is 5.16. The van der Waals surface area contributed by atoms with Gasteiger partial charge >= 0.3 is 0 Å². The molecule has 0 aromatic heterocycles. The Morgan fingerprint density at radius 3 is 2.92 bits per heavy atom. The van der Waals surface area contributed by atoms with E-state index in [9.17, 15) is 15.0 Å². The van der Waals surface area contributed by atoms with Crippen LogP contribution in [0, 0.1) is 0 Å². The molecule has 3 N–H and O–H groups in total. The van der Waals surface area contributed by atoms with Gasteiger partial charge < -0.3 is 20.3 Å². The predicted molar refractivity (Wildman–Crippen MR) is 45.1 cm³/mol. The fourth-order valence-electron chi connectivity index (χ4n) is 1.32. The lowest BCUT2D eigenvalue weighted by atomic mass is 10.00. The molecule has 1 aliphatic rings.